The molecule has 1 unspecified atom stereocenters. The Kier molecular flexibility index (Phi) is 10.9. The summed E-state index contributed by atoms with van der Waals surface area (Å²) in [5, 5.41) is 25.9. The first-order valence-electron chi connectivity index (χ1n) is 10.6. The van der Waals surface area contributed by atoms with Gasteiger partial charge >= 0.3 is 35.5 Å². The summed E-state index contributed by atoms with van der Waals surface area (Å²) in [4.78, 5) is 45.3. The van der Waals surface area contributed by atoms with Crippen molar-refractivity contribution in [3.63, 3.8) is 0 Å². The van der Waals surface area contributed by atoms with Crippen LogP contribution in [0.25, 0.3) is 5.57 Å². The van der Waals surface area contributed by atoms with Gasteiger partial charge in [-0.1, -0.05) is 35.0 Å². The monoisotopic (exact) mass is 629 g/mol. The zero-order valence-corrected chi connectivity index (χ0v) is 26.4. The van der Waals surface area contributed by atoms with Gasteiger partial charge in [-0.25, -0.2) is 14.5 Å². The van der Waals surface area contributed by atoms with Crippen LogP contribution in [0.3, 0.4) is 0 Å². The number of anilines is 1. The number of amides is 2. The number of nitrogens with two attached hydrogens (primary N) is 1. The fraction of sp³-hybridized carbons (Fsp3) is 0.421. The minimum atomic E-state index is -1.23. The molecule has 2 amide bonds. The molecule has 200 valence electrons. The summed E-state index contributed by atoms with van der Waals surface area (Å²) >= 11 is 15.6. The van der Waals surface area contributed by atoms with Gasteiger partial charge in [0.2, 0.25) is 5.16 Å². The molecule has 2 aliphatic rings. The Morgan fingerprint density at radius 1 is 1.39 bits per heavy atom. The SMILES string of the molecule is CN(C)CCn1nnnc1SCC1=C(C(=O)O)N2C(=O)C(NC(=O)C(=C(Cl)Cl)c3csc(N)n3)[C@H]2SC1.[H-].[Na+]. The summed E-state index contributed by atoms with van der Waals surface area (Å²) in [6.07, 6.45) is 0. The van der Waals surface area contributed by atoms with E-state index in [0.717, 1.165) is 17.9 Å². The van der Waals surface area contributed by atoms with E-state index < -0.39 is 29.2 Å². The first kappa shape index (κ1) is 31.2. The van der Waals surface area contributed by atoms with Crippen molar-refractivity contribution in [3.8, 4) is 0 Å². The maximum Gasteiger partial charge on any atom is 1.00 e. The van der Waals surface area contributed by atoms with Gasteiger partial charge in [-0.2, -0.15) is 0 Å². The average molecular weight is 631 g/mol. The number of hydrogen-bond donors (Lipinski definition) is 3. The van der Waals surface area contributed by atoms with Crippen molar-refractivity contribution in [2.75, 3.05) is 37.9 Å². The number of tetrazole rings is 1. The van der Waals surface area contributed by atoms with E-state index in [1.54, 1.807) is 4.68 Å². The van der Waals surface area contributed by atoms with Crippen LogP contribution in [0.4, 0.5) is 5.13 Å². The molecule has 0 bridgehead atoms. The van der Waals surface area contributed by atoms with Crippen molar-refractivity contribution in [1.29, 1.82) is 0 Å². The van der Waals surface area contributed by atoms with E-state index in [2.05, 4.69) is 25.8 Å². The molecule has 1 saturated heterocycles. The Morgan fingerprint density at radius 3 is 2.74 bits per heavy atom. The van der Waals surface area contributed by atoms with Crippen molar-refractivity contribution >= 4 is 86.6 Å². The number of halogens is 2. The van der Waals surface area contributed by atoms with E-state index >= 15 is 0 Å². The van der Waals surface area contributed by atoms with Crippen LogP contribution >= 0.6 is 58.1 Å². The van der Waals surface area contributed by atoms with Gasteiger partial charge in [0.25, 0.3) is 11.8 Å². The number of aliphatic carboxylic acids is 1. The number of aromatic nitrogens is 5. The van der Waals surface area contributed by atoms with Gasteiger partial charge < -0.3 is 22.5 Å². The third-order valence-electron chi connectivity index (χ3n) is 5.36. The van der Waals surface area contributed by atoms with Crippen LogP contribution in [0.5, 0.6) is 0 Å². The second-order valence-electron chi connectivity index (χ2n) is 8.10. The van der Waals surface area contributed by atoms with Crippen LogP contribution in [0.15, 0.2) is 26.3 Å². The van der Waals surface area contributed by atoms with Crippen LogP contribution in [-0.4, -0.2) is 101 Å². The molecule has 2 aliphatic heterocycles. The summed E-state index contributed by atoms with van der Waals surface area (Å²) < 4.78 is 1.31. The van der Waals surface area contributed by atoms with Crippen LogP contribution in [-0.2, 0) is 20.9 Å². The molecule has 0 spiro atoms. The van der Waals surface area contributed by atoms with E-state index in [0.29, 0.717) is 23.0 Å². The van der Waals surface area contributed by atoms with Gasteiger partial charge in [0.15, 0.2) is 5.13 Å². The minimum absolute atomic E-state index is 0. The van der Waals surface area contributed by atoms with Gasteiger partial charge in [-0.05, 0) is 30.1 Å². The Labute approximate surface area is 263 Å². The van der Waals surface area contributed by atoms with E-state index in [4.69, 9.17) is 28.9 Å². The maximum absolute atomic E-state index is 13.0. The van der Waals surface area contributed by atoms with Crippen molar-refractivity contribution in [2.45, 2.75) is 23.1 Å². The van der Waals surface area contributed by atoms with Crippen molar-refractivity contribution in [2.24, 2.45) is 0 Å². The zero-order chi connectivity index (χ0) is 26.9. The van der Waals surface area contributed by atoms with Crippen molar-refractivity contribution < 1.29 is 50.5 Å². The summed E-state index contributed by atoms with van der Waals surface area (Å²) in [7, 11) is 3.87. The predicted octanol–water partition coefficient (Wildman–Crippen LogP) is -1.93. The summed E-state index contributed by atoms with van der Waals surface area (Å²) in [6, 6.07) is -0.960. The Hall–Kier alpha value is -1.37. The van der Waals surface area contributed by atoms with E-state index in [-0.39, 0.29) is 63.3 Å². The number of carbonyl (C=O) groups excluding carboxylic acids is 2. The largest absolute Gasteiger partial charge is 1.00 e. The van der Waals surface area contributed by atoms with Crippen LogP contribution in [0.1, 0.15) is 7.12 Å². The molecule has 0 aliphatic carbocycles. The fourth-order valence-electron chi connectivity index (χ4n) is 3.60. The Bertz CT molecular complexity index is 1300. The summed E-state index contributed by atoms with van der Waals surface area (Å²) in [5.74, 6) is -1.87. The first-order valence-corrected chi connectivity index (χ1v) is 14.3. The molecule has 4 N–H and O–H groups in total. The predicted molar refractivity (Wildman–Crippen MR) is 143 cm³/mol. The standard InChI is InChI=1S/C19H21Cl2N9O4S3.Na.H/c1-28(2)3-4-29-19(25-26-27-29)37-6-8-5-35-16-11(15(32)30(16)12(8)17(33)34)24-14(31)10(13(20)21)9-7-36-18(22)23-9;;/h7,11,16H,3-6H2,1-2H3,(H2,22,23)(H,24,31)(H,33,34);;/q;+1;-1/t11?,16-;;/m1../s1. The topological polar surface area (TPSA) is 172 Å². The molecule has 4 rings (SSSR count). The smallest absolute Gasteiger partial charge is 1.00 e. The molecule has 0 radical (unpaired) electrons. The number of nitrogens with one attached hydrogen (secondary N) is 1. The van der Waals surface area contributed by atoms with E-state index in [9.17, 15) is 19.5 Å². The maximum atomic E-state index is 13.0. The Morgan fingerprint density at radius 2 is 2.13 bits per heavy atom. The molecule has 2 atom stereocenters. The normalized spacial score (nSPS) is 18.6. The van der Waals surface area contributed by atoms with Crippen LogP contribution < -0.4 is 40.6 Å². The van der Waals surface area contributed by atoms with Gasteiger partial charge in [0, 0.05) is 23.4 Å². The number of nitrogens with zero attached hydrogens (tertiary/aromatic N) is 7. The summed E-state index contributed by atoms with van der Waals surface area (Å²) in [5.41, 5.74) is 6.15. The first-order chi connectivity index (χ1) is 17.6. The molecule has 0 aromatic carbocycles. The molecule has 2 aromatic rings. The minimum Gasteiger partial charge on any atom is -1.00 e. The number of β-lactam (4-membered cyclic amide) rings is 1. The fourth-order valence-corrected chi connectivity index (χ4v) is 6.90. The van der Waals surface area contributed by atoms with Crippen molar-refractivity contribution in [1.82, 2.24) is 40.3 Å². The molecule has 0 saturated carbocycles. The van der Waals surface area contributed by atoms with Gasteiger partial charge in [0.05, 0.1) is 17.8 Å². The molecular formula is C19H22Cl2N9NaO4S3. The summed E-state index contributed by atoms with van der Waals surface area (Å²) in [6.45, 7) is 1.31. The van der Waals surface area contributed by atoms with Gasteiger partial charge in [-0.3, -0.25) is 14.5 Å². The molecule has 38 heavy (non-hydrogen) atoms. The number of likely N-dealkylation sites (N-methyl/N-ethyl adjacent to an activating group) is 1. The third-order valence-corrected chi connectivity index (χ3v) is 8.80. The second kappa shape index (κ2) is 13.3. The molecule has 13 nitrogen and oxygen atoms in total. The van der Waals surface area contributed by atoms with E-state index in [1.165, 1.54) is 33.8 Å². The number of hydrogen-bond acceptors (Lipinski definition) is 12. The zero-order valence-electron chi connectivity index (χ0n) is 21.4. The number of nitrogen functional groups attached to an aromatic ring is 1. The van der Waals surface area contributed by atoms with Crippen LogP contribution in [0, 0.1) is 0 Å². The number of thiazole rings is 1. The van der Waals surface area contributed by atoms with Crippen molar-refractivity contribution in [3.05, 3.63) is 26.8 Å². The number of carboxylic acid groups (broad SMARTS) is 1. The quantitative estimate of drug-likeness (QED) is 0.115. The number of carbonyl (C=O) groups is 3. The molecule has 2 aromatic heterocycles. The van der Waals surface area contributed by atoms with Gasteiger partial charge in [0.1, 0.15) is 21.6 Å². The van der Waals surface area contributed by atoms with E-state index in [1.807, 2.05) is 19.0 Å². The number of thioether (sulfide) groups is 2. The number of carboxylic acids is 1. The third kappa shape index (κ3) is 6.67. The molecular weight excluding hydrogens is 608 g/mol. The Balaban J connectivity index is 0.00000267. The van der Waals surface area contributed by atoms with Crippen LogP contribution in [0.2, 0.25) is 0 Å². The molecule has 19 heteroatoms. The molecule has 1 fully saturated rings. The molecule has 4 heterocycles. The average Bonchev–Trinajstić information content (AvgIpc) is 3.47. The number of rotatable bonds is 10. The number of fused-ring (bicyclic) bond motifs is 1. The van der Waals surface area contributed by atoms with Gasteiger partial charge in [-0.15, -0.1) is 28.2 Å². The second-order valence-corrected chi connectivity index (χ2v) is 12.0.